The number of carbonyl (C=O) groups is 1. The molecule has 2 N–H and O–H groups in total. The predicted molar refractivity (Wildman–Crippen MR) is 14.9 cm³/mol. The van der Waals surface area contributed by atoms with E-state index < -0.39 is 5.91 Å². The molecule has 0 saturated heterocycles. The van der Waals surface area contributed by atoms with Crippen molar-refractivity contribution in [1.29, 1.82) is 0 Å². The second-order valence-corrected chi connectivity index (χ2v) is 0.466. The van der Waals surface area contributed by atoms with Gasteiger partial charge in [0.1, 0.15) is 0 Å². The van der Waals surface area contributed by atoms with Crippen LogP contribution in [0.15, 0.2) is 0 Å². The fourth-order valence-corrected chi connectivity index (χ4v) is 0. The van der Waals surface area contributed by atoms with E-state index >= 15 is 0 Å². The summed E-state index contributed by atoms with van der Waals surface area (Å²) in [7, 11) is 0. The molecular weight excluding hydrogens is 70.0 g/mol. The Hall–Kier alpha value is -0.860. The first-order valence-electron chi connectivity index (χ1n) is 0.947. The van der Waals surface area contributed by atoms with Crippen molar-refractivity contribution in [1.82, 2.24) is 0 Å². The third kappa shape index (κ3) is 3.14. The Morgan fingerprint density at radius 2 is 2.00 bits per heavy atom. The monoisotopic (exact) mass is 72.0 g/mol. The van der Waals surface area contributed by atoms with Gasteiger partial charge in [-0.25, -0.2) is 0 Å². The molecule has 3 nitrogen and oxygen atoms in total. The molecule has 5 heavy (non-hydrogen) atoms. The van der Waals surface area contributed by atoms with Crippen molar-refractivity contribution < 1.29 is 9.59 Å². The van der Waals surface area contributed by atoms with Gasteiger partial charge in [0.25, 0.3) is 12.2 Å². The van der Waals surface area contributed by atoms with Crippen molar-refractivity contribution >= 4 is 12.2 Å². The standard InChI is InChI=1S/C2H2NO2/c3-2(5)1-4/h(H2,3,5). The third-order valence-corrected chi connectivity index (χ3v) is 0.101. The molecule has 3 heteroatoms. The quantitative estimate of drug-likeness (QED) is 0.386. The van der Waals surface area contributed by atoms with Crippen LogP contribution in [0.4, 0.5) is 0 Å². The first kappa shape index (κ1) is 4.14. The summed E-state index contributed by atoms with van der Waals surface area (Å²) in [5.41, 5.74) is 4.23. The van der Waals surface area contributed by atoms with Gasteiger partial charge in [-0.2, -0.15) is 0 Å². The van der Waals surface area contributed by atoms with Gasteiger partial charge in [0, 0.05) is 0 Å². The molecule has 27 valence electrons. The van der Waals surface area contributed by atoms with Crippen molar-refractivity contribution in [3.05, 3.63) is 0 Å². The minimum atomic E-state index is -1.05. The van der Waals surface area contributed by atoms with Gasteiger partial charge in [0.15, 0.2) is 0 Å². The Morgan fingerprint density at radius 3 is 2.00 bits per heavy atom. The summed E-state index contributed by atoms with van der Waals surface area (Å²) >= 11 is 0. The number of nitrogens with two attached hydrogens (primary N) is 1. The molecule has 0 aromatic carbocycles. The van der Waals surface area contributed by atoms with E-state index in [0.717, 1.165) is 6.29 Å². The zero-order valence-electron chi connectivity index (χ0n) is 2.39. The molecule has 1 radical (unpaired) electrons. The molecule has 0 aliphatic rings. The number of hydrogen-bond acceptors (Lipinski definition) is 2. The van der Waals surface area contributed by atoms with E-state index in [-0.39, 0.29) is 0 Å². The average Bonchev–Trinajstić information content (AvgIpc) is 1.38. The highest BCUT2D eigenvalue weighted by Crippen LogP contribution is 1.31. The normalized spacial score (nSPS) is 6.40. The Kier molecular flexibility index (Phi) is 1.21. The number of primary amides is 1. The van der Waals surface area contributed by atoms with Crippen LogP contribution in [0.25, 0.3) is 0 Å². The summed E-state index contributed by atoms with van der Waals surface area (Å²) in [6.07, 6.45) is 0.917. The summed E-state index contributed by atoms with van der Waals surface area (Å²) in [4.78, 5) is 18.1. The molecule has 0 fully saturated rings. The van der Waals surface area contributed by atoms with Gasteiger partial charge in [-0.3, -0.25) is 9.59 Å². The molecule has 0 aromatic rings. The largest absolute Gasteiger partial charge is 0.363 e. The molecule has 0 aromatic heterocycles. The molecule has 0 spiro atoms. The molecule has 0 heterocycles. The van der Waals surface area contributed by atoms with Crippen molar-refractivity contribution in [2.45, 2.75) is 0 Å². The van der Waals surface area contributed by atoms with E-state index in [2.05, 4.69) is 5.73 Å². The SMILES string of the molecule is NC(=O)[C]=O. The topological polar surface area (TPSA) is 60.2 Å². The lowest BCUT2D eigenvalue weighted by Crippen LogP contribution is -2.10. The number of rotatable bonds is 1. The molecule has 0 atom stereocenters. The van der Waals surface area contributed by atoms with E-state index in [1.807, 2.05) is 0 Å². The van der Waals surface area contributed by atoms with E-state index in [1.165, 1.54) is 0 Å². The summed E-state index contributed by atoms with van der Waals surface area (Å²) in [5, 5.41) is 0. The molecule has 1 amide bonds. The number of hydrogen-bond donors (Lipinski definition) is 1. The van der Waals surface area contributed by atoms with E-state index in [4.69, 9.17) is 9.59 Å². The molecule has 0 saturated carbocycles. The Bertz CT molecular complexity index is 58.7. The fraction of sp³-hybridized carbons (Fsp3) is 0. The zero-order valence-corrected chi connectivity index (χ0v) is 2.39. The van der Waals surface area contributed by atoms with Gasteiger partial charge in [0.05, 0.1) is 0 Å². The molecule has 0 aliphatic carbocycles. The van der Waals surface area contributed by atoms with Crippen molar-refractivity contribution in [3.63, 3.8) is 0 Å². The summed E-state index contributed by atoms with van der Waals surface area (Å²) in [6.45, 7) is 0. The van der Waals surface area contributed by atoms with Crippen LogP contribution in [-0.4, -0.2) is 12.2 Å². The highest BCUT2D eigenvalue weighted by Gasteiger charge is 1.80. The highest BCUT2D eigenvalue weighted by atomic mass is 16.2. The van der Waals surface area contributed by atoms with Crippen molar-refractivity contribution in [3.8, 4) is 0 Å². The molecule has 0 aliphatic heterocycles. The number of carbonyl (C=O) groups excluding carboxylic acids is 2. The van der Waals surface area contributed by atoms with Crippen LogP contribution in [0.1, 0.15) is 0 Å². The first-order valence-corrected chi connectivity index (χ1v) is 0.947. The average molecular weight is 72.0 g/mol. The van der Waals surface area contributed by atoms with E-state index in [1.54, 1.807) is 0 Å². The second kappa shape index (κ2) is 1.46. The summed E-state index contributed by atoms with van der Waals surface area (Å²) in [6, 6.07) is 0. The van der Waals surface area contributed by atoms with E-state index in [9.17, 15) is 0 Å². The third-order valence-electron chi connectivity index (χ3n) is 0.101. The maximum atomic E-state index is 9.17. The maximum Gasteiger partial charge on any atom is 0.295 e. The minimum absolute atomic E-state index is 0.917. The van der Waals surface area contributed by atoms with Gasteiger partial charge in [-0.15, -0.1) is 0 Å². The maximum absolute atomic E-state index is 9.17. The lowest BCUT2D eigenvalue weighted by Gasteiger charge is -1.58. The van der Waals surface area contributed by atoms with E-state index in [0.29, 0.717) is 0 Å². The van der Waals surface area contributed by atoms with Crippen LogP contribution in [0.5, 0.6) is 0 Å². The van der Waals surface area contributed by atoms with Gasteiger partial charge in [-0.1, -0.05) is 0 Å². The van der Waals surface area contributed by atoms with Crippen LogP contribution in [-0.2, 0) is 9.59 Å². The zero-order chi connectivity index (χ0) is 4.28. The van der Waals surface area contributed by atoms with Crippen molar-refractivity contribution in [2.75, 3.05) is 0 Å². The van der Waals surface area contributed by atoms with Crippen LogP contribution in [0.2, 0.25) is 0 Å². The Labute approximate surface area is 28.8 Å². The molecule has 0 bridgehead atoms. The van der Waals surface area contributed by atoms with Crippen LogP contribution in [0.3, 0.4) is 0 Å². The minimum Gasteiger partial charge on any atom is -0.363 e. The van der Waals surface area contributed by atoms with Crippen LogP contribution in [0, 0.1) is 0 Å². The number of amides is 1. The predicted octanol–water partition coefficient (Wildman–Crippen LogP) is -1.42. The first-order chi connectivity index (χ1) is 2.27. The lowest BCUT2D eigenvalue weighted by molar-refractivity contribution is -0.112. The summed E-state index contributed by atoms with van der Waals surface area (Å²) in [5.74, 6) is -1.05. The summed E-state index contributed by atoms with van der Waals surface area (Å²) < 4.78 is 0. The molecule has 0 rings (SSSR count). The Balaban J connectivity index is 3.20. The lowest BCUT2D eigenvalue weighted by atomic mass is 10.8. The second-order valence-electron chi connectivity index (χ2n) is 0.466. The van der Waals surface area contributed by atoms with Gasteiger partial charge >= 0.3 is 0 Å². The van der Waals surface area contributed by atoms with Gasteiger partial charge < -0.3 is 5.73 Å². The molecule has 0 unspecified atom stereocenters. The van der Waals surface area contributed by atoms with Crippen LogP contribution >= 0.6 is 0 Å². The molecular formula is C2H2NO2. The smallest absolute Gasteiger partial charge is 0.295 e. The fourth-order valence-electron chi connectivity index (χ4n) is 0. The highest BCUT2D eigenvalue weighted by molar-refractivity contribution is 6.23. The van der Waals surface area contributed by atoms with Gasteiger partial charge in [-0.05, 0) is 0 Å². The van der Waals surface area contributed by atoms with Crippen LogP contribution < -0.4 is 5.73 Å². The van der Waals surface area contributed by atoms with Crippen molar-refractivity contribution in [2.24, 2.45) is 5.73 Å². The Morgan fingerprint density at radius 1 is 1.80 bits per heavy atom. The van der Waals surface area contributed by atoms with Gasteiger partial charge in [0.2, 0.25) is 0 Å².